The second kappa shape index (κ2) is 9.37. The summed E-state index contributed by atoms with van der Waals surface area (Å²) in [4.78, 5) is 1.57. The molecule has 1 saturated heterocycles. The number of hydrogen-bond acceptors (Lipinski definition) is 4. The Balaban J connectivity index is 0.00000420. The number of ether oxygens (including phenoxy) is 2. The quantitative estimate of drug-likeness (QED) is 0.665. The summed E-state index contributed by atoms with van der Waals surface area (Å²) in [5, 5.41) is 10.8. The van der Waals surface area contributed by atoms with Crippen molar-refractivity contribution in [2.45, 2.75) is 63.5 Å². The first-order valence-electron chi connectivity index (χ1n) is 9.28. The average molecular weight is 444 g/mol. The van der Waals surface area contributed by atoms with Crippen molar-refractivity contribution in [1.29, 1.82) is 0 Å². The molecule has 9 heteroatoms. The highest BCUT2D eigenvalue weighted by atomic mass is 35.5. The van der Waals surface area contributed by atoms with E-state index in [1.54, 1.807) is 32.6 Å². The highest BCUT2D eigenvalue weighted by molar-refractivity contribution is 5.85. The van der Waals surface area contributed by atoms with E-state index in [1.165, 1.54) is 19.2 Å². The van der Waals surface area contributed by atoms with E-state index in [9.17, 15) is 22.7 Å². The molecule has 0 bridgehead atoms. The molecule has 1 aromatic rings. The van der Waals surface area contributed by atoms with Gasteiger partial charge >= 0.3 is 6.18 Å². The summed E-state index contributed by atoms with van der Waals surface area (Å²) in [6.07, 6.45) is -5.94. The number of benzene rings is 1. The zero-order valence-corrected chi connectivity index (χ0v) is 18.2. The fourth-order valence-corrected chi connectivity index (χ4v) is 4.06. The van der Waals surface area contributed by atoms with Gasteiger partial charge in [0.1, 0.15) is 11.6 Å². The van der Waals surface area contributed by atoms with Crippen LogP contribution in [0.2, 0.25) is 0 Å². The van der Waals surface area contributed by atoms with Gasteiger partial charge in [0.15, 0.2) is 5.60 Å². The van der Waals surface area contributed by atoms with Crippen molar-refractivity contribution in [1.82, 2.24) is 4.90 Å². The van der Waals surface area contributed by atoms with Gasteiger partial charge in [0.2, 0.25) is 0 Å². The average Bonchev–Trinajstić information content (AvgIpc) is 2.52. The lowest BCUT2D eigenvalue weighted by atomic mass is 9.74. The van der Waals surface area contributed by atoms with Crippen LogP contribution >= 0.6 is 12.4 Å². The van der Waals surface area contributed by atoms with Crippen LogP contribution in [-0.2, 0) is 10.2 Å². The van der Waals surface area contributed by atoms with E-state index >= 15 is 0 Å². The van der Waals surface area contributed by atoms with E-state index in [0.717, 1.165) is 6.07 Å². The minimum absolute atomic E-state index is 0. The third-order valence-electron chi connectivity index (χ3n) is 5.13. The number of rotatable bonds is 6. The standard InChI is InChI=1S/C20H29F4NO3.ClH/c1-13-9-25(10-14(2)28-13)12-19(26,20(22,23)24)11-18(3,4)16-8-15(21)6-7-17(16)27-5;/h6-8,13-14,26H,9-12H2,1-5H3;1H. The number of hydrogen-bond donors (Lipinski definition) is 1. The zero-order valence-electron chi connectivity index (χ0n) is 17.3. The molecule has 1 fully saturated rings. The molecule has 168 valence electrons. The van der Waals surface area contributed by atoms with Crippen LogP contribution in [0.15, 0.2) is 18.2 Å². The number of β-amino-alcohol motifs (C(OH)–C–C–N with tert-alkyl or cyclic N) is 1. The van der Waals surface area contributed by atoms with Crippen molar-refractivity contribution < 1.29 is 32.1 Å². The lowest BCUT2D eigenvalue weighted by molar-refractivity contribution is -0.274. The summed E-state index contributed by atoms with van der Waals surface area (Å²) in [6, 6.07) is 3.73. The molecule has 0 radical (unpaired) electrons. The molecule has 1 aromatic carbocycles. The third-order valence-corrected chi connectivity index (χ3v) is 5.13. The summed E-state index contributed by atoms with van der Waals surface area (Å²) in [5.74, 6) is -0.292. The number of nitrogens with zero attached hydrogens (tertiary/aromatic N) is 1. The Morgan fingerprint density at radius 3 is 2.21 bits per heavy atom. The van der Waals surface area contributed by atoms with Gasteiger partial charge in [-0.05, 0) is 43.9 Å². The number of morpholine rings is 1. The predicted octanol–water partition coefficient (Wildman–Crippen LogP) is 4.33. The normalized spacial score (nSPS) is 23.2. The van der Waals surface area contributed by atoms with Crippen LogP contribution in [-0.4, -0.2) is 60.7 Å². The molecule has 0 spiro atoms. The van der Waals surface area contributed by atoms with E-state index in [1.807, 2.05) is 0 Å². The van der Waals surface area contributed by atoms with Crippen LogP contribution in [0.5, 0.6) is 5.75 Å². The third kappa shape index (κ3) is 6.20. The van der Waals surface area contributed by atoms with Crippen LogP contribution in [0.3, 0.4) is 0 Å². The fourth-order valence-electron chi connectivity index (χ4n) is 4.06. The summed E-state index contributed by atoms with van der Waals surface area (Å²) < 4.78 is 66.4. The van der Waals surface area contributed by atoms with Crippen molar-refractivity contribution in [3.05, 3.63) is 29.6 Å². The number of methoxy groups -OCH3 is 1. The van der Waals surface area contributed by atoms with Gasteiger partial charge in [-0.3, -0.25) is 4.90 Å². The number of alkyl halides is 3. The lowest BCUT2D eigenvalue weighted by Crippen LogP contribution is -2.59. The summed E-state index contributed by atoms with van der Waals surface area (Å²) in [6.45, 7) is 6.69. The Labute approximate surface area is 175 Å². The van der Waals surface area contributed by atoms with E-state index in [-0.39, 0.29) is 35.9 Å². The maximum atomic E-state index is 13.9. The van der Waals surface area contributed by atoms with Gasteiger partial charge in [-0.1, -0.05) is 13.8 Å². The maximum Gasteiger partial charge on any atom is 0.418 e. The summed E-state index contributed by atoms with van der Waals surface area (Å²) in [5.41, 5.74) is -3.88. The van der Waals surface area contributed by atoms with Gasteiger partial charge in [0.05, 0.1) is 19.3 Å². The second-order valence-corrected chi connectivity index (χ2v) is 8.39. The minimum Gasteiger partial charge on any atom is -0.496 e. The van der Waals surface area contributed by atoms with Gasteiger partial charge in [0, 0.05) is 25.2 Å². The summed E-state index contributed by atoms with van der Waals surface area (Å²) in [7, 11) is 1.37. The van der Waals surface area contributed by atoms with Crippen molar-refractivity contribution in [3.8, 4) is 5.75 Å². The van der Waals surface area contributed by atoms with Gasteiger partial charge in [-0.15, -0.1) is 12.4 Å². The molecule has 1 aliphatic heterocycles. The van der Waals surface area contributed by atoms with Crippen LogP contribution in [0.4, 0.5) is 17.6 Å². The molecule has 0 aliphatic carbocycles. The predicted molar refractivity (Wildman–Crippen MR) is 105 cm³/mol. The van der Waals surface area contributed by atoms with Crippen LogP contribution < -0.4 is 4.74 Å². The molecule has 29 heavy (non-hydrogen) atoms. The molecule has 0 aromatic heterocycles. The Morgan fingerprint density at radius 1 is 1.17 bits per heavy atom. The molecule has 3 atom stereocenters. The van der Waals surface area contributed by atoms with Gasteiger partial charge < -0.3 is 14.6 Å². The van der Waals surface area contributed by atoms with Gasteiger partial charge in [0.25, 0.3) is 0 Å². The maximum absolute atomic E-state index is 13.9. The van der Waals surface area contributed by atoms with Crippen molar-refractivity contribution in [2.24, 2.45) is 0 Å². The topological polar surface area (TPSA) is 41.9 Å². The fraction of sp³-hybridized carbons (Fsp3) is 0.700. The smallest absolute Gasteiger partial charge is 0.418 e. The molecule has 1 aliphatic rings. The molecular weight excluding hydrogens is 414 g/mol. The summed E-state index contributed by atoms with van der Waals surface area (Å²) >= 11 is 0. The zero-order chi connectivity index (χ0) is 21.3. The molecule has 1 N–H and O–H groups in total. The molecular formula is C20H30ClF4NO3. The van der Waals surface area contributed by atoms with E-state index in [4.69, 9.17) is 9.47 Å². The van der Waals surface area contributed by atoms with Crippen LogP contribution in [0.25, 0.3) is 0 Å². The number of halogens is 5. The Bertz CT molecular complexity index is 676. The second-order valence-electron chi connectivity index (χ2n) is 8.39. The molecule has 1 heterocycles. The molecule has 2 rings (SSSR count). The van der Waals surface area contributed by atoms with Crippen molar-refractivity contribution in [3.63, 3.8) is 0 Å². The van der Waals surface area contributed by atoms with Crippen LogP contribution in [0, 0.1) is 5.82 Å². The van der Waals surface area contributed by atoms with E-state index < -0.39 is 36.0 Å². The van der Waals surface area contributed by atoms with Crippen molar-refractivity contribution in [2.75, 3.05) is 26.7 Å². The van der Waals surface area contributed by atoms with Gasteiger partial charge in [-0.25, -0.2) is 4.39 Å². The molecule has 4 nitrogen and oxygen atoms in total. The first kappa shape index (κ1) is 25.9. The highest BCUT2D eigenvalue weighted by Crippen LogP contribution is 2.44. The Hall–Kier alpha value is -1.09. The van der Waals surface area contributed by atoms with Crippen LogP contribution in [0.1, 0.15) is 39.7 Å². The molecule has 0 amide bonds. The minimum atomic E-state index is -4.85. The first-order valence-corrected chi connectivity index (χ1v) is 9.28. The SMILES string of the molecule is COc1ccc(F)cc1C(C)(C)CC(O)(CN1CC(C)OC(C)C1)C(F)(F)F.Cl. The highest BCUT2D eigenvalue weighted by Gasteiger charge is 2.57. The monoisotopic (exact) mass is 443 g/mol. The Morgan fingerprint density at radius 2 is 1.72 bits per heavy atom. The number of aliphatic hydroxyl groups is 1. The van der Waals surface area contributed by atoms with E-state index in [2.05, 4.69) is 0 Å². The van der Waals surface area contributed by atoms with E-state index in [0.29, 0.717) is 13.1 Å². The Kier molecular flexibility index (Phi) is 8.38. The van der Waals surface area contributed by atoms with Crippen molar-refractivity contribution >= 4 is 12.4 Å². The van der Waals surface area contributed by atoms with Gasteiger partial charge in [-0.2, -0.15) is 13.2 Å². The molecule has 3 unspecified atom stereocenters. The lowest BCUT2D eigenvalue weighted by Gasteiger charge is -2.43. The largest absolute Gasteiger partial charge is 0.496 e. The first-order chi connectivity index (χ1) is 12.8. The molecule has 0 saturated carbocycles.